The standard InChI is InChI=1S/C19H32/c1-9-11-12-13-14-17(19(6,7)8)15-16(10-2)18(3,4)5/h9-10,13-15H,1,11-12H2,2-8H3/b14-13?,16-10+,17-15+. The van der Waals surface area contributed by atoms with Gasteiger partial charge in [-0.15, -0.1) is 6.58 Å². The Labute approximate surface area is 121 Å². The minimum absolute atomic E-state index is 0.171. The second-order valence-corrected chi connectivity index (χ2v) is 7.11. The first-order valence-corrected chi connectivity index (χ1v) is 7.29. The predicted molar refractivity (Wildman–Crippen MR) is 89.3 cm³/mol. The highest BCUT2D eigenvalue weighted by molar-refractivity contribution is 5.36. The average molecular weight is 260 g/mol. The Hall–Kier alpha value is -1.04. The van der Waals surface area contributed by atoms with Crippen LogP contribution in [0, 0.1) is 10.8 Å². The molecule has 0 heteroatoms. The van der Waals surface area contributed by atoms with Gasteiger partial charge in [0.05, 0.1) is 0 Å². The quantitative estimate of drug-likeness (QED) is 0.302. The van der Waals surface area contributed by atoms with E-state index in [0.717, 1.165) is 12.8 Å². The maximum Gasteiger partial charge on any atom is -0.0132 e. The molecule has 0 aliphatic carbocycles. The van der Waals surface area contributed by atoms with E-state index in [2.05, 4.69) is 79.3 Å². The second kappa shape index (κ2) is 7.53. The van der Waals surface area contributed by atoms with Crippen molar-refractivity contribution in [3.63, 3.8) is 0 Å². The lowest BCUT2D eigenvalue weighted by molar-refractivity contribution is 0.497. The molecule has 0 bridgehead atoms. The third kappa shape index (κ3) is 7.20. The molecule has 0 aliphatic rings. The highest BCUT2D eigenvalue weighted by Gasteiger charge is 2.19. The van der Waals surface area contributed by atoms with Gasteiger partial charge in [0.1, 0.15) is 0 Å². The number of hydrogen-bond acceptors (Lipinski definition) is 0. The SMILES string of the molecule is C=CCCC=C/C(=C\C(=C/C)C(C)(C)C)C(C)(C)C. The summed E-state index contributed by atoms with van der Waals surface area (Å²) in [6, 6.07) is 0. The summed E-state index contributed by atoms with van der Waals surface area (Å²) in [6.45, 7) is 19.5. The molecule has 0 fully saturated rings. The molecule has 0 aliphatic heterocycles. The molecule has 0 spiro atoms. The Morgan fingerprint density at radius 1 is 0.895 bits per heavy atom. The van der Waals surface area contributed by atoms with Crippen LogP contribution in [0.15, 0.2) is 48.1 Å². The summed E-state index contributed by atoms with van der Waals surface area (Å²) in [4.78, 5) is 0. The van der Waals surface area contributed by atoms with Crippen molar-refractivity contribution in [3.05, 3.63) is 48.1 Å². The Morgan fingerprint density at radius 3 is 1.79 bits per heavy atom. The highest BCUT2D eigenvalue weighted by Crippen LogP contribution is 2.33. The van der Waals surface area contributed by atoms with Crippen molar-refractivity contribution < 1.29 is 0 Å². The van der Waals surface area contributed by atoms with E-state index in [1.165, 1.54) is 11.1 Å². The Bertz CT molecular complexity index is 362. The van der Waals surface area contributed by atoms with Crippen molar-refractivity contribution in [2.45, 2.75) is 61.3 Å². The fourth-order valence-corrected chi connectivity index (χ4v) is 1.84. The van der Waals surface area contributed by atoms with Gasteiger partial charge in [-0.05, 0) is 41.7 Å². The maximum atomic E-state index is 3.76. The molecule has 0 saturated heterocycles. The zero-order valence-electron chi connectivity index (χ0n) is 14.0. The fraction of sp³-hybridized carbons (Fsp3) is 0.579. The summed E-state index contributed by atoms with van der Waals surface area (Å²) in [5.74, 6) is 0. The summed E-state index contributed by atoms with van der Waals surface area (Å²) < 4.78 is 0. The number of unbranched alkanes of at least 4 members (excludes halogenated alkanes) is 1. The van der Waals surface area contributed by atoms with Gasteiger partial charge < -0.3 is 0 Å². The summed E-state index contributed by atoms with van der Waals surface area (Å²) >= 11 is 0. The van der Waals surface area contributed by atoms with E-state index in [1.54, 1.807) is 0 Å². The van der Waals surface area contributed by atoms with Gasteiger partial charge >= 0.3 is 0 Å². The summed E-state index contributed by atoms with van der Waals surface area (Å²) in [6.07, 6.45) is 13.2. The molecule has 108 valence electrons. The van der Waals surface area contributed by atoms with Gasteiger partial charge in [-0.1, -0.05) is 71.9 Å². The molecule has 0 aromatic carbocycles. The Morgan fingerprint density at radius 2 is 1.42 bits per heavy atom. The molecule has 0 rings (SSSR count). The molecular weight excluding hydrogens is 228 g/mol. The zero-order valence-corrected chi connectivity index (χ0v) is 14.0. The van der Waals surface area contributed by atoms with E-state index >= 15 is 0 Å². The largest absolute Gasteiger partial charge is 0.103 e. The fourth-order valence-electron chi connectivity index (χ4n) is 1.84. The normalized spacial score (nSPS) is 15.1. The van der Waals surface area contributed by atoms with Gasteiger partial charge in [0.15, 0.2) is 0 Å². The second-order valence-electron chi connectivity index (χ2n) is 7.11. The van der Waals surface area contributed by atoms with Crippen LogP contribution in [0.3, 0.4) is 0 Å². The van der Waals surface area contributed by atoms with Crippen LogP contribution in [0.4, 0.5) is 0 Å². The van der Waals surface area contributed by atoms with Crippen molar-refractivity contribution in [1.82, 2.24) is 0 Å². The van der Waals surface area contributed by atoms with E-state index in [0.29, 0.717) is 0 Å². The van der Waals surface area contributed by atoms with Crippen molar-refractivity contribution in [3.8, 4) is 0 Å². The molecule has 0 nitrogen and oxygen atoms in total. The zero-order chi connectivity index (χ0) is 15.1. The molecule has 0 atom stereocenters. The first kappa shape index (κ1) is 18.0. The van der Waals surface area contributed by atoms with Gasteiger partial charge in [0.25, 0.3) is 0 Å². The minimum Gasteiger partial charge on any atom is -0.103 e. The first-order chi connectivity index (χ1) is 8.62. The number of allylic oxidation sites excluding steroid dienone is 7. The van der Waals surface area contributed by atoms with Crippen LogP contribution < -0.4 is 0 Å². The van der Waals surface area contributed by atoms with Gasteiger partial charge in [-0.3, -0.25) is 0 Å². The minimum atomic E-state index is 0.171. The molecule has 0 N–H and O–H groups in total. The molecule has 0 amide bonds. The summed E-state index contributed by atoms with van der Waals surface area (Å²) in [5.41, 5.74) is 3.15. The Balaban J connectivity index is 5.27. The summed E-state index contributed by atoms with van der Waals surface area (Å²) in [7, 11) is 0. The third-order valence-electron chi connectivity index (χ3n) is 3.19. The van der Waals surface area contributed by atoms with Crippen LogP contribution in [-0.2, 0) is 0 Å². The first-order valence-electron chi connectivity index (χ1n) is 7.29. The molecular formula is C19H32. The van der Waals surface area contributed by atoms with Crippen LogP contribution in [0.25, 0.3) is 0 Å². The van der Waals surface area contributed by atoms with E-state index in [9.17, 15) is 0 Å². The van der Waals surface area contributed by atoms with Gasteiger partial charge in [-0.25, -0.2) is 0 Å². The van der Waals surface area contributed by atoms with E-state index in [-0.39, 0.29) is 10.8 Å². The topological polar surface area (TPSA) is 0 Å². The molecule has 19 heavy (non-hydrogen) atoms. The van der Waals surface area contributed by atoms with Crippen molar-refractivity contribution >= 4 is 0 Å². The molecule has 0 radical (unpaired) electrons. The van der Waals surface area contributed by atoms with Crippen LogP contribution >= 0.6 is 0 Å². The predicted octanol–water partition coefficient (Wildman–Crippen LogP) is 6.47. The van der Waals surface area contributed by atoms with Crippen molar-refractivity contribution in [2.24, 2.45) is 10.8 Å². The molecule has 0 aromatic heterocycles. The lowest BCUT2D eigenvalue weighted by atomic mass is 9.80. The monoisotopic (exact) mass is 260 g/mol. The molecule has 0 aromatic rings. The molecule has 0 heterocycles. The number of hydrogen-bond donors (Lipinski definition) is 0. The van der Waals surface area contributed by atoms with Gasteiger partial charge in [0.2, 0.25) is 0 Å². The van der Waals surface area contributed by atoms with Gasteiger partial charge in [0, 0.05) is 0 Å². The van der Waals surface area contributed by atoms with Crippen molar-refractivity contribution in [2.75, 3.05) is 0 Å². The smallest absolute Gasteiger partial charge is 0.0132 e. The third-order valence-corrected chi connectivity index (χ3v) is 3.19. The van der Waals surface area contributed by atoms with E-state index < -0.39 is 0 Å². The lowest BCUT2D eigenvalue weighted by Gasteiger charge is -2.25. The summed E-state index contributed by atoms with van der Waals surface area (Å²) in [5, 5.41) is 0. The Kier molecular flexibility index (Phi) is 7.11. The van der Waals surface area contributed by atoms with Crippen molar-refractivity contribution in [1.29, 1.82) is 0 Å². The van der Waals surface area contributed by atoms with Gasteiger partial charge in [-0.2, -0.15) is 0 Å². The molecule has 0 unspecified atom stereocenters. The maximum absolute atomic E-state index is 3.76. The van der Waals surface area contributed by atoms with E-state index in [4.69, 9.17) is 0 Å². The van der Waals surface area contributed by atoms with Crippen LogP contribution in [0.2, 0.25) is 0 Å². The van der Waals surface area contributed by atoms with Crippen LogP contribution in [-0.4, -0.2) is 0 Å². The number of rotatable bonds is 5. The highest BCUT2D eigenvalue weighted by atomic mass is 14.2. The van der Waals surface area contributed by atoms with Crippen LogP contribution in [0.5, 0.6) is 0 Å². The van der Waals surface area contributed by atoms with Crippen LogP contribution in [0.1, 0.15) is 61.3 Å². The molecule has 0 saturated carbocycles. The lowest BCUT2D eigenvalue weighted by Crippen LogP contribution is -2.12. The average Bonchev–Trinajstić information content (AvgIpc) is 2.24. The van der Waals surface area contributed by atoms with E-state index in [1.807, 2.05) is 6.08 Å².